The lowest BCUT2D eigenvalue weighted by molar-refractivity contribution is 0.202. The summed E-state index contributed by atoms with van der Waals surface area (Å²) in [7, 11) is 0. The highest BCUT2D eigenvalue weighted by Crippen LogP contribution is 2.34. The number of amidine groups is 1. The predicted molar refractivity (Wildman–Crippen MR) is 109 cm³/mol. The molecule has 0 atom stereocenters. The number of hydrazone groups is 1. The number of benzene rings is 2. The quantitative estimate of drug-likeness (QED) is 0.452. The molecule has 2 aromatic rings. The highest BCUT2D eigenvalue weighted by atomic mass is 16.5. The highest BCUT2D eigenvalue weighted by Gasteiger charge is 2.28. The lowest BCUT2D eigenvalue weighted by Crippen LogP contribution is -2.27. The van der Waals surface area contributed by atoms with E-state index < -0.39 is 0 Å². The van der Waals surface area contributed by atoms with Crippen molar-refractivity contribution in [3.05, 3.63) is 48.0 Å². The van der Waals surface area contributed by atoms with Crippen LogP contribution in [0.1, 0.15) is 5.56 Å². The number of aliphatic imine (C=N–C) groups is 1. The standard InChI is InChI=1S/C19H22N6O3/c20-13-8-14(21)17(28-7-6-26)9-15(13)23-18-16(11-27)24-25(19(18)22)10-12-4-2-1-3-5-12/h1-5,8-9,22,26-27H,6-7,10-11,20-21H2. The number of hydrogen-bond acceptors (Lipinski definition) is 8. The fraction of sp³-hybridized carbons (Fsp3) is 0.211. The Balaban J connectivity index is 1.91. The van der Waals surface area contributed by atoms with Gasteiger partial charge in [-0.2, -0.15) is 5.10 Å². The van der Waals surface area contributed by atoms with Crippen LogP contribution in [-0.4, -0.2) is 52.3 Å². The molecule has 0 spiro atoms. The maximum Gasteiger partial charge on any atom is 0.170 e. The molecule has 9 nitrogen and oxygen atoms in total. The molecule has 28 heavy (non-hydrogen) atoms. The van der Waals surface area contributed by atoms with E-state index in [-0.39, 0.29) is 37.1 Å². The summed E-state index contributed by atoms with van der Waals surface area (Å²) in [4.78, 5) is 4.43. The molecule has 0 bridgehead atoms. The lowest BCUT2D eigenvalue weighted by atomic mass is 10.2. The Labute approximate surface area is 162 Å². The van der Waals surface area contributed by atoms with Crippen LogP contribution in [0.15, 0.2) is 52.6 Å². The van der Waals surface area contributed by atoms with E-state index in [4.69, 9.17) is 26.7 Å². The van der Waals surface area contributed by atoms with Gasteiger partial charge < -0.3 is 26.4 Å². The third-order valence-electron chi connectivity index (χ3n) is 4.06. The molecule has 146 valence electrons. The van der Waals surface area contributed by atoms with Gasteiger partial charge in [-0.1, -0.05) is 30.3 Å². The van der Waals surface area contributed by atoms with Crippen LogP contribution in [-0.2, 0) is 6.54 Å². The zero-order valence-corrected chi connectivity index (χ0v) is 15.2. The van der Waals surface area contributed by atoms with E-state index in [0.717, 1.165) is 5.56 Å². The van der Waals surface area contributed by atoms with Crippen molar-refractivity contribution >= 4 is 34.3 Å². The molecule has 1 heterocycles. The second-order valence-electron chi connectivity index (χ2n) is 6.08. The zero-order chi connectivity index (χ0) is 20.1. The number of nitrogens with zero attached hydrogens (tertiary/aromatic N) is 3. The Morgan fingerprint density at radius 1 is 1.11 bits per heavy atom. The maximum absolute atomic E-state index is 9.66. The van der Waals surface area contributed by atoms with E-state index in [1.54, 1.807) is 0 Å². The number of nitrogen functional groups attached to an aromatic ring is 2. The van der Waals surface area contributed by atoms with Crippen molar-refractivity contribution < 1.29 is 14.9 Å². The summed E-state index contributed by atoms with van der Waals surface area (Å²) >= 11 is 0. The smallest absolute Gasteiger partial charge is 0.170 e. The third-order valence-corrected chi connectivity index (χ3v) is 4.06. The van der Waals surface area contributed by atoms with Crippen molar-refractivity contribution in [3.8, 4) is 5.75 Å². The first-order chi connectivity index (χ1) is 13.5. The van der Waals surface area contributed by atoms with Gasteiger partial charge in [0.1, 0.15) is 23.8 Å². The molecular formula is C19H22N6O3. The van der Waals surface area contributed by atoms with Crippen LogP contribution in [0.5, 0.6) is 5.75 Å². The minimum atomic E-state index is -0.366. The van der Waals surface area contributed by atoms with Crippen LogP contribution in [0.3, 0.4) is 0 Å². The van der Waals surface area contributed by atoms with Gasteiger partial charge >= 0.3 is 0 Å². The fourth-order valence-electron chi connectivity index (χ4n) is 2.70. The number of rotatable bonds is 7. The summed E-state index contributed by atoms with van der Waals surface area (Å²) in [5, 5.41) is 32.8. The normalized spacial score (nSPS) is 15.2. The number of nitrogens with one attached hydrogen (secondary N) is 1. The summed E-state index contributed by atoms with van der Waals surface area (Å²) in [5.41, 5.74) is 14.3. The van der Waals surface area contributed by atoms with Gasteiger partial charge in [0.05, 0.1) is 36.8 Å². The molecule has 0 fully saturated rings. The van der Waals surface area contributed by atoms with E-state index in [9.17, 15) is 5.11 Å². The Hall–Kier alpha value is -3.43. The van der Waals surface area contributed by atoms with Crippen LogP contribution >= 0.6 is 0 Å². The molecule has 0 radical (unpaired) electrons. The summed E-state index contributed by atoms with van der Waals surface area (Å²) in [6.07, 6.45) is 0. The molecule has 0 saturated heterocycles. The number of nitrogens with two attached hydrogens (primary N) is 2. The highest BCUT2D eigenvalue weighted by molar-refractivity contribution is 6.70. The Morgan fingerprint density at radius 3 is 2.54 bits per heavy atom. The number of ether oxygens (including phenoxy) is 1. The van der Waals surface area contributed by atoms with E-state index in [2.05, 4.69) is 10.1 Å². The molecule has 1 aliphatic rings. The Morgan fingerprint density at radius 2 is 1.86 bits per heavy atom. The van der Waals surface area contributed by atoms with Crippen LogP contribution in [0, 0.1) is 5.41 Å². The van der Waals surface area contributed by atoms with Gasteiger partial charge in [-0.3, -0.25) is 5.41 Å². The first-order valence-corrected chi connectivity index (χ1v) is 8.64. The van der Waals surface area contributed by atoms with Gasteiger partial charge in [0.2, 0.25) is 0 Å². The molecule has 9 heteroatoms. The average molecular weight is 382 g/mol. The monoisotopic (exact) mass is 382 g/mol. The Kier molecular flexibility index (Phi) is 5.87. The largest absolute Gasteiger partial charge is 0.489 e. The molecule has 3 rings (SSSR count). The first-order valence-electron chi connectivity index (χ1n) is 8.64. The molecule has 0 aromatic heterocycles. The SMILES string of the molecule is N=C1C(=Nc2cc(OCCO)c(N)cc2N)C(CO)=NN1Cc1ccccc1. The van der Waals surface area contributed by atoms with Gasteiger partial charge in [0.15, 0.2) is 5.84 Å². The summed E-state index contributed by atoms with van der Waals surface area (Å²) in [6.45, 7) is -0.0677. The van der Waals surface area contributed by atoms with Gasteiger partial charge in [-0.05, 0) is 11.6 Å². The van der Waals surface area contributed by atoms with Gasteiger partial charge in [-0.25, -0.2) is 10.0 Å². The third kappa shape index (κ3) is 4.11. The van der Waals surface area contributed by atoms with E-state index in [1.165, 1.54) is 17.1 Å². The molecule has 0 unspecified atom stereocenters. The molecule has 1 aliphatic heterocycles. The van der Waals surface area contributed by atoms with Crippen LogP contribution in [0.2, 0.25) is 0 Å². The second kappa shape index (κ2) is 8.51. The minimum absolute atomic E-state index is 0.0574. The van der Waals surface area contributed by atoms with Crippen LogP contribution < -0.4 is 16.2 Å². The van der Waals surface area contributed by atoms with Crippen molar-refractivity contribution in [2.75, 3.05) is 31.3 Å². The van der Waals surface area contributed by atoms with Crippen LogP contribution in [0.25, 0.3) is 0 Å². The summed E-state index contributed by atoms with van der Waals surface area (Å²) in [6, 6.07) is 12.6. The van der Waals surface area contributed by atoms with Crippen molar-refractivity contribution in [2.24, 2.45) is 10.1 Å². The average Bonchev–Trinajstić information content (AvgIpc) is 2.99. The van der Waals surface area contributed by atoms with Crippen LogP contribution in [0.4, 0.5) is 17.1 Å². The molecule has 2 aromatic carbocycles. The lowest BCUT2D eigenvalue weighted by Gasteiger charge is -2.14. The number of aliphatic hydroxyl groups excluding tert-OH is 2. The van der Waals surface area contributed by atoms with Gasteiger partial charge in [0.25, 0.3) is 0 Å². The number of aliphatic hydroxyl groups is 2. The van der Waals surface area contributed by atoms with E-state index in [0.29, 0.717) is 29.4 Å². The molecule has 0 aliphatic carbocycles. The van der Waals surface area contributed by atoms with E-state index >= 15 is 0 Å². The predicted octanol–water partition coefficient (Wildman–Crippen LogP) is 1.14. The van der Waals surface area contributed by atoms with Gasteiger partial charge in [0, 0.05) is 6.07 Å². The Bertz CT molecular complexity index is 927. The number of hydrogen-bond donors (Lipinski definition) is 5. The van der Waals surface area contributed by atoms with Crippen molar-refractivity contribution in [3.63, 3.8) is 0 Å². The van der Waals surface area contributed by atoms with E-state index in [1.807, 2.05) is 30.3 Å². The van der Waals surface area contributed by atoms with Crippen molar-refractivity contribution in [1.29, 1.82) is 5.41 Å². The number of anilines is 2. The molecule has 0 saturated carbocycles. The van der Waals surface area contributed by atoms with Crippen molar-refractivity contribution in [1.82, 2.24) is 5.01 Å². The first kappa shape index (κ1) is 19.3. The maximum atomic E-state index is 9.66. The second-order valence-corrected chi connectivity index (χ2v) is 6.08. The molecular weight excluding hydrogens is 360 g/mol. The van der Waals surface area contributed by atoms with Crippen molar-refractivity contribution in [2.45, 2.75) is 6.54 Å². The topological polar surface area (TPSA) is 154 Å². The molecule has 7 N–H and O–H groups in total. The minimum Gasteiger partial charge on any atom is -0.489 e. The summed E-state index contributed by atoms with van der Waals surface area (Å²) < 4.78 is 5.38. The zero-order valence-electron chi connectivity index (χ0n) is 15.2. The molecule has 0 amide bonds. The fourth-order valence-corrected chi connectivity index (χ4v) is 2.70. The summed E-state index contributed by atoms with van der Waals surface area (Å²) in [5.74, 6) is 0.387. The van der Waals surface area contributed by atoms with Gasteiger partial charge in [-0.15, -0.1) is 0 Å².